The molecule has 0 aromatic rings. The summed E-state index contributed by atoms with van der Waals surface area (Å²) >= 11 is 8.37. The fraction of sp³-hybridized carbons (Fsp3) is 1.00. The minimum atomic E-state index is -5.75. The van der Waals surface area contributed by atoms with E-state index >= 15 is 0 Å². The van der Waals surface area contributed by atoms with Gasteiger partial charge in [-0.15, -0.1) is 0 Å². The molecule has 62 valence electrons. The van der Waals surface area contributed by atoms with Gasteiger partial charge in [-0.05, 0) is 0 Å². The van der Waals surface area contributed by atoms with Crippen molar-refractivity contribution in [3.63, 3.8) is 0 Å². The van der Waals surface area contributed by atoms with Crippen LogP contribution in [-0.4, -0.2) is 16.2 Å². The van der Waals surface area contributed by atoms with E-state index in [1.165, 1.54) is 0 Å². The van der Waals surface area contributed by atoms with Crippen molar-refractivity contribution in [3.05, 3.63) is 0 Å². The van der Waals surface area contributed by atoms with E-state index in [0.717, 1.165) is 0 Å². The molecule has 0 N–H and O–H groups in total. The number of hydrogen-bond acceptors (Lipinski definition) is 1. The summed E-state index contributed by atoms with van der Waals surface area (Å²) in [7, 11) is 0. The Morgan fingerprint density at radius 2 is 1.20 bits per heavy atom. The predicted octanol–water partition coefficient (Wildman–Crippen LogP) is 2.75. The van der Waals surface area contributed by atoms with Crippen molar-refractivity contribution in [2.24, 2.45) is 0 Å². The van der Waals surface area contributed by atoms with Crippen molar-refractivity contribution in [1.82, 2.24) is 3.94 Å². The molecule has 0 rings (SSSR count). The Kier molecular flexibility index (Phi) is 2.72. The highest BCUT2D eigenvalue weighted by molar-refractivity contribution is 6.34. The second-order valence-corrected chi connectivity index (χ2v) is 2.12. The van der Waals surface area contributed by atoms with Gasteiger partial charge in [0.15, 0.2) is 0 Å². The van der Waals surface area contributed by atoms with Crippen LogP contribution in [0.15, 0.2) is 0 Å². The highest BCUT2D eigenvalue weighted by Gasteiger charge is 2.62. The van der Waals surface area contributed by atoms with Crippen LogP contribution in [-0.2, 0) is 0 Å². The van der Waals surface area contributed by atoms with Crippen LogP contribution in [0.2, 0.25) is 0 Å². The zero-order chi connectivity index (χ0) is 8.58. The van der Waals surface area contributed by atoms with Crippen LogP contribution in [0.5, 0.6) is 0 Å². The van der Waals surface area contributed by atoms with Gasteiger partial charge in [-0.3, -0.25) is 0 Å². The summed E-state index contributed by atoms with van der Waals surface area (Å²) in [5.74, 6) is 0. The third kappa shape index (κ3) is 1.83. The van der Waals surface area contributed by atoms with Crippen LogP contribution in [0, 0.1) is 0 Å². The van der Waals surface area contributed by atoms with Crippen LogP contribution in [0.1, 0.15) is 0 Å². The summed E-state index contributed by atoms with van der Waals surface area (Å²) in [6, 6.07) is -5.20. The molecule has 0 saturated carbocycles. The summed E-state index contributed by atoms with van der Waals surface area (Å²) in [6.45, 7) is 0. The van der Waals surface area contributed by atoms with Crippen molar-refractivity contribution in [2.75, 3.05) is 0 Å². The summed E-state index contributed by atoms with van der Waals surface area (Å²) in [4.78, 5) is 0. The lowest BCUT2D eigenvalue weighted by Crippen LogP contribution is -2.43. The van der Waals surface area contributed by atoms with E-state index in [1.807, 2.05) is 0 Å². The molecule has 0 heterocycles. The van der Waals surface area contributed by atoms with E-state index in [4.69, 9.17) is 0 Å². The molecule has 0 fully saturated rings. The Labute approximate surface area is 62.5 Å². The van der Waals surface area contributed by atoms with Gasteiger partial charge in [0.2, 0.25) is 0 Å². The first-order valence-corrected chi connectivity index (χ1v) is 2.43. The Bertz CT molecular complexity index is 119. The summed E-state index contributed by atoms with van der Waals surface area (Å²) in [5, 5.41) is 0. The molecule has 0 unspecified atom stereocenters. The van der Waals surface area contributed by atoms with Gasteiger partial charge in [0.1, 0.15) is 0 Å². The van der Waals surface area contributed by atoms with Crippen LogP contribution in [0.4, 0.5) is 22.0 Å². The van der Waals surface area contributed by atoms with E-state index < -0.39 is 16.2 Å². The lowest BCUT2D eigenvalue weighted by Gasteiger charge is -2.20. The monoisotopic (exact) mass is 203 g/mol. The van der Waals surface area contributed by atoms with Gasteiger partial charge < -0.3 is 0 Å². The molecule has 0 aliphatic rings. The maximum atomic E-state index is 11.6. The lowest BCUT2D eigenvalue weighted by atomic mass is 10.6. The van der Waals surface area contributed by atoms with Gasteiger partial charge in [0.05, 0.1) is 0 Å². The van der Waals surface area contributed by atoms with Crippen molar-refractivity contribution in [1.29, 1.82) is 0 Å². The number of nitrogens with zero attached hydrogens (tertiary/aromatic N) is 1. The molecule has 0 bridgehead atoms. The minimum Gasteiger partial charge on any atom is -0.175 e. The third-order valence-corrected chi connectivity index (χ3v) is 0.978. The molecule has 0 saturated heterocycles. The van der Waals surface area contributed by atoms with Crippen LogP contribution in [0.3, 0.4) is 0 Å². The molecular formula is C2Cl2F5N. The normalized spacial score (nSPS) is 14.4. The third-order valence-electron chi connectivity index (χ3n) is 0.553. The highest BCUT2D eigenvalue weighted by Crippen LogP contribution is 2.40. The lowest BCUT2D eigenvalue weighted by molar-refractivity contribution is -0.308. The number of rotatable bonds is 1. The molecular weight excluding hydrogens is 204 g/mol. The zero-order valence-electron chi connectivity index (χ0n) is 4.09. The quantitative estimate of drug-likeness (QED) is 0.360. The molecule has 1 nitrogen and oxygen atoms in total. The Morgan fingerprint density at radius 3 is 1.20 bits per heavy atom. The first-order chi connectivity index (χ1) is 4.19. The van der Waals surface area contributed by atoms with E-state index in [9.17, 15) is 22.0 Å². The highest BCUT2D eigenvalue weighted by atomic mass is 35.5. The van der Waals surface area contributed by atoms with Gasteiger partial charge in [-0.1, -0.05) is 3.94 Å². The van der Waals surface area contributed by atoms with Crippen molar-refractivity contribution in [3.8, 4) is 0 Å². The van der Waals surface area contributed by atoms with Crippen molar-refractivity contribution in [2.45, 2.75) is 12.2 Å². The maximum absolute atomic E-state index is 11.6. The number of hydrogen-bond donors (Lipinski definition) is 0. The smallest absolute Gasteiger partial charge is 0.175 e. The van der Waals surface area contributed by atoms with Gasteiger partial charge >= 0.3 is 12.2 Å². The summed E-state index contributed by atoms with van der Waals surface area (Å²) < 4.78 is 55.3. The predicted molar refractivity (Wildman–Crippen MR) is 24.5 cm³/mol. The molecule has 10 heavy (non-hydrogen) atoms. The fourth-order valence-corrected chi connectivity index (χ4v) is 0.287. The average molecular weight is 204 g/mol. The number of halogens is 7. The Hall–Kier alpha value is 0.190. The molecule has 0 atom stereocenters. The molecule has 0 radical (unpaired) electrons. The SMILES string of the molecule is FC(F)(F)C(F)(F)N(Cl)Cl. The Morgan fingerprint density at radius 1 is 0.900 bits per heavy atom. The molecule has 0 aromatic heterocycles. The minimum absolute atomic E-state index is 1.24. The molecule has 0 aromatic carbocycles. The Balaban J connectivity index is 4.40. The molecule has 0 aliphatic heterocycles. The van der Waals surface area contributed by atoms with E-state index in [-0.39, 0.29) is 0 Å². The molecule has 0 amide bonds. The molecule has 8 heteroatoms. The van der Waals surface area contributed by atoms with Crippen LogP contribution >= 0.6 is 23.6 Å². The number of alkyl halides is 5. The van der Waals surface area contributed by atoms with Crippen molar-refractivity contribution >= 4 is 23.6 Å². The van der Waals surface area contributed by atoms with Gasteiger partial charge in [0, 0.05) is 23.6 Å². The maximum Gasteiger partial charge on any atom is 0.471 e. The second-order valence-electron chi connectivity index (χ2n) is 1.27. The van der Waals surface area contributed by atoms with Gasteiger partial charge in [0.25, 0.3) is 0 Å². The second kappa shape index (κ2) is 2.67. The summed E-state index contributed by atoms with van der Waals surface area (Å²) in [5.41, 5.74) is 0. The van der Waals surface area contributed by atoms with Crippen LogP contribution in [0.25, 0.3) is 0 Å². The van der Waals surface area contributed by atoms with Crippen LogP contribution < -0.4 is 0 Å². The topological polar surface area (TPSA) is 3.24 Å². The first-order valence-electron chi connectivity index (χ1n) is 1.76. The summed E-state index contributed by atoms with van der Waals surface area (Å²) in [6.07, 6.45) is -5.75. The fourth-order valence-electron chi connectivity index (χ4n) is 0.0958. The molecule has 0 aliphatic carbocycles. The average Bonchev–Trinajstić information content (AvgIpc) is 1.62. The van der Waals surface area contributed by atoms with Crippen molar-refractivity contribution < 1.29 is 22.0 Å². The van der Waals surface area contributed by atoms with Gasteiger partial charge in [-0.2, -0.15) is 22.0 Å². The van der Waals surface area contributed by atoms with Gasteiger partial charge in [-0.25, -0.2) is 0 Å². The zero-order valence-corrected chi connectivity index (χ0v) is 5.60. The largest absolute Gasteiger partial charge is 0.471 e. The van der Waals surface area contributed by atoms with E-state index in [1.54, 1.807) is 0 Å². The first kappa shape index (κ1) is 10.2. The standard InChI is InChI=1S/C2Cl2F5N/c3-10(4)2(8,9)1(5,6)7. The van der Waals surface area contributed by atoms with E-state index in [2.05, 4.69) is 23.6 Å². The van der Waals surface area contributed by atoms with E-state index in [0.29, 0.717) is 0 Å². The molecule has 0 spiro atoms.